The summed E-state index contributed by atoms with van der Waals surface area (Å²) in [4.78, 5) is 17.6. The van der Waals surface area contributed by atoms with Gasteiger partial charge in [-0.15, -0.1) is 0 Å². The van der Waals surface area contributed by atoms with Gasteiger partial charge in [-0.3, -0.25) is 4.79 Å². The molecular formula is C27H29N3O4. The molecule has 0 amide bonds. The first kappa shape index (κ1) is 23.2. The molecule has 0 saturated carbocycles. The maximum atomic E-state index is 12.9. The minimum atomic E-state index is -0.257. The molecule has 1 aromatic heterocycles. The van der Waals surface area contributed by atoms with Crippen molar-refractivity contribution in [1.29, 1.82) is 0 Å². The van der Waals surface area contributed by atoms with Crippen LogP contribution in [0.15, 0.2) is 71.5 Å². The summed E-state index contributed by atoms with van der Waals surface area (Å²) < 4.78 is 17.6. The molecule has 34 heavy (non-hydrogen) atoms. The van der Waals surface area contributed by atoms with Gasteiger partial charge < -0.3 is 20.1 Å². The third-order valence-corrected chi connectivity index (χ3v) is 6.13. The number of aromatic nitrogens is 2. The van der Waals surface area contributed by atoms with Gasteiger partial charge in [0.05, 0.1) is 32.2 Å². The molecule has 0 aliphatic heterocycles. The number of nitrogens with zero attached hydrogens (tertiary/aromatic N) is 2. The van der Waals surface area contributed by atoms with Gasteiger partial charge in [-0.2, -0.15) is 0 Å². The molecule has 4 aromatic rings. The summed E-state index contributed by atoms with van der Waals surface area (Å²) in [5.41, 5.74) is 2.55. The Bertz CT molecular complexity index is 1330. The zero-order valence-electron chi connectivity index (χ0n) is 19.7. The van der Waals surface area contributed by atoms with Crippen molar-refractivity contribution < 1.29 is 14.2 Å². The fourth-order valence-electron chi connectivity index (χ4n) is 4.22. The van der Waals surface area contributed by atoms with Crippen molar-refractivity contribution >= 4 is 10.9 Å². The molecule has 0 bridgehead atoms. The van der Waals surface area contributed by atoms with E-state index in [0.29, 0.717) is 23.1 Å². The molecule has 3 aromatic carbocycles. The molecule has 0 saturated heterocycles. The molecule has 1 unspecified atom stereocenters. The highest BCUT2D eigenvalue weighted by atomic mass is 16.5. The van der Waals surface area contributed by atoms with E-state index in [-0.39, 0.29) is 11.5 Å². The van der Waals surface area contributed by atoms with Crippen molar-refractivity contribution in [2.45, 2.75) is 25.2 Å². The van der Waals surface area contributed by atoms with E-state index in [4.69, 9.17) is 25.0 Å². The number of benzene rings is 3. The summed E-state index contributed by atoms with van der Waals surface area (Å²) in [5, 5.41) is 0.502. The van der Waals surface area contributed by atoms with E-state index < -0.39 is 0 Å². The van der Waals surface area contributed by atoms with Crippen LogP contribution in [0.25, 0.3) is 10.9 Å². The SMILES string of the molecule is COc1ccc(CCC(Cc2nc3ccccc3c(=O)n2N)c2cc(OC)ccc2OC)cc1. The second kappa shape index (κ2) is 10.3. The number of hydrogen-bond donors (Lipinski definition) is 1. The van der Waals surface area contributed by atoms with Crippen LogP contribution in [0.4, 0.5) is 0 Å². The number of nitrogen functional groups attached to an aromatic ring is 1. The van der Waals surface area contributed by atoms with E-state index in [1.54, 1.807) is 27.4 Å². The maximum Gasteiger partial charge on any atom is 0.279 e. The van der Waals surface area contributed by atoms with Crippen LogP contribution in [-0.4, -0.2) is 31.0 Å². The second-order valence-electron chi connectivity index (χ2n) is 8.12. The number of rotatable bonds is 9. The lowest BCUT2D eigenvalue weighted by Crippen LogP contribution is -2.32. The summed E-state index contributed by atoms with van der Waals surface area (Å²) in [6, 6.07) is 21.0. The Kier molecular flexibility index (Phi) is 7.01. The first-order valence-corrected chi connectivity index (χ1v) is 11.1. The van der Waals surface area contributed by atoms with Gasteiger partial charge in [-0.05, 0) is 66.8 Å². The number of aryl methyl sites for hydroxylation is 1. The zero-order valence-corrected chi connectivity index (χ0v) is 19.7. The van der Waals surface area contributed by atoms with Crippen LogP contribution in [0.5, 0.6) is 17.2 Å². The van der Waals surface area contributed by atoms with Gasteiger partial charge in [0.2, 0.25) is 0 Å². The fraction of sp³-hybridized carbons (Fsp3) is 0.259. The highest BCUT2D eigenvalue weighted by molar-refractivity contribution is 5.77. The lowest BCUT2D eigenvalue weighted by Gasteiger charge is -2.22. The van der Waals surface area contributed by atoms with Crippen LogP contribution in [0.1, 0.15) is 29.3 Å². The van der Waals surface area contributed by atoms with Crippen molar-refractivity contribution in [3.05, 3.63) is 94.0 Å². The van der Waals surface area contributed by atoms with Crippen LogP contribution in [-0.2, 0) is 12.8 Å². The average molecular weight is 460 g/mol. The predicted molar refractivity (Wildman–Crippen MR) is 133 cm³/mol. The summed E-state index contributed by atoms with van der Waals surface area (Å²) in [5.74, 6) is 9.03. The van der Waals surface area contributed by atoms with Crippen molar-refractivity contribution in [3.8, 4) is 17.2 Å². The molecule has 1 heterocycles. The van der Waals surface area contributed by atoms with Crippen LogP contribution in [0, 0.1) is 0 Å². The number of hydrogen-bond acceptors (Lipinski definition) is 6. The Morgan fingerprint density at radius 2 is 1.62 bits per heavy atom. The first-order chi connectivity index (χ1) is 16.5. The summed E-state index contributed by atoms with van der Waals surface area (Å²) in [6.07, 6.45) is 2.08. The molecule has 0 fully saturated rings. The van der Waals surface area contributed by atoms with Crippen molar-refractivity contribution in [1.82, 2.24) is 9.66 Å². The lowest BCUT2D eigenvalue weighted by atomic mass is 9.88. The third kappa shape index (κ3) is 4.83. The number of ether oxygens (including phenoxy) is 3. The largest absolute Gasteiger partial charge is 0.497 e. The van der Waals surface area contributed by atoms with Gasteiger partial charge in [0, 0.05) is 12.0 Å². The Morgan fingerprint density at radius 1 is 0.912 bits per heavy atom. The van der Waals surface area contributed by atoms with E-state index in [2.05, 4.69) is 12.1 Å². The van der Waals surface area contributed by atoms with Crippen LogP contribution in [0.3, 0.4) is 0 Å². The topological polar surface area (TPSA) is 88.6 Å². The van der Waals surface area contributed by atoms with Gasteiger partial charge in [0.25, 0.3) is 5.56 Å². The van der Waals surface area contributed by atoms with E-state index >= 15 is 0 Å². The molecule has 0 spiro atoms. The van der Waals surface area contributed by atoms with E-state index in [9.17, 15) is 4.79 Å². The summed E-state index contributed by atoms with van der Waals surface area (Å²) in [7, 11) is 4.95. The predicted octanol–water partition coefficient (Wildman–Crippen LogP) is 4.10. The number of para-hydroxylation sites is 1. The highest BCUT2D eigenvalue weighted by Gasteiger charge is 2.21. The van der Waals surface area contributed by atoms with Crippen molar-refractivity contribution in [2.24, 2.45) is 0 Å². The number of fused-ring (bicyclic) bond motifs is 1. The minimum absolute atomic E-state index is 0.0185. The normalized spacial score (nSPS) is 11.9. The lowest BCUT2D eigenvalue weighted by molar-refractivity contribution is 0.392. The van der Waals surface area contributed by atoms with Crippen LogP contribution in [0.2, 0.25) is 0 Å². The molecule has 7 heteroatoms. The molecular weight excluding hydrogens is 430 g/mol. The van der Waals surface area contributed by atoms with Gasteiger partial charge in [-0.1, -0.05) is 24.3 Å². The maximum absolute atomic E-state index is 12.9. The van der Waals surface area contributed by atoms with E-state index in [1.165, 1.54) is 5.56 Å². The third-order valence-electron chi connectivity index (χ3n) is 6.13. The Labute approximate surface area is 198 Å². The standard InChI is InChI=1S/C27H29N3O4/c1-32-20-12-9-18(10-13-20)8-11-19(23-17-21(33-2)14-15-25(23)34-3)16-26-29-24-7-5-4-6-22(24)27(31)30(26)28/h4-7,9-10,12-15,17,19H,8,11,16,28H2,1-3H3. The van der Waals surface area contributed by atoms with Gasteiger partial charge in [0.15, 0.2) is 0 Å². The quantitative estimate of drug-likeness (QED) is 0.379. The fourth-order valence-corrected chi connectivity index (χ4v) is 4.22. The highest BCUT2D eigenvalue weighted by Crippen LogP contribution is 2.35. The van der Waals surface area contributed by atoms with Crippen LogP contribution >= 0.6 is 0 Å². The zero-order chi connectivity index (χ0) is 24.1. The molecule has 2 N–H and O–H groups in total. The van der Waals surface area contributed by atoms with Gasteiger partial charge >= 0.3 is 0 Å². The monoisotopic (exact) mass is 459 g/mol. The van der Waals surface area contributed by atoms with Crippen LogP contribution < -0.4 is 25.6 Å². The van der Waals surface area contributed by atoms with Crippen molar-refractivity contribution in [2.75, 3.05) is 27.2 Å². The van der Waals surface area contributed by atoms with Gasteiger partial charge in [0.1, 0.15) is 23.1 Å². The Balaban J connectivity index is 1.72. The summed E-state index contributed by atoms with van der Waals surface area (Å²) in [6.45, 7) is 0. The molecule has 0 aliphatic carbocycles. The molecule has 176 valence electrons. The molecule has 7 nitrogen and oxygen atoms in total. The number of nitrogens with two attached hydrogens (primary N) is 1. The molecule has 0 aliphatic rings. The van der Waals surface area contributed by atoms with Crippen molar-refractivity contribution in [3.63, 3.8) is 0 Å². The first-order valence-electron chi connectivity index (χ1n) is 11.1. The number of methoxy groups -OCH3 is 3. The second-order valence-corrected chi connectivity index (χ2v) is 8.12. The van der Waals surface area contributed by atoms with E-state index in [0.717, 1.165) is 40.3 Å². The molecule has 1 atom stereocenters. The van der Waals surface area contributed by atoms with E-state index in [1.807, 2.05) is 48.5 Å². The Morgan fingerprint density at radius 3 is 2.32 bits per heavy atom. The summed E-state index contributed by atoms with van der Waals surface area (Å²) >= 11 is 0. The average Bonchev–Trinajstić information content (AvgIpc) is 2.89. The minimum Gasteiger partial charge on any atom is -0.497 e. The smallest absolute Gasteiger partial charge is 0.279 e. The van der Waals surface area contributed by atoms with Gasteiger partial charge in [-0.25, -0.2) is 9.66 Å². The molecule has 0 radical (unpaired) electrons. The molecule has 4 rings (SSSR count). The Hall–Kier alpha value is -4.00.